The maximum atomic E-state index is 9.44. The van der Waals surface area contributed by atoms with Gasteiger partial charge in [0.15, 0.2) is 17.0 Å². The number of hydrogen-bond donors (Lipinski definition) is 2. The van der Waals surface area contributed by atoms with E-state index < -0.39 is 6.04 Å². The van der Waals surface area contributed by atoms with Gasteiger partial charge in [0.05, 0.1) is 42.3 Å². The number of hydrogen-bond acceptors (Lipinski definition) is 8. The molecule has 0 aromatic carbocycles. The van der Waals surface area contributed by atoms with Gasteiger partial charge in [-0.2, -0.15) is 0 Å². The monoisotopic (exact) mass is 362 g/mol. The third-order valence-corrected chi connectivity index (χ3v) is 5.63. The van der Waals surface area contributed by atoms with Crippen LogP contribution < -0.4 is 4.90 Å². The molecule has 0 bridgehead atoms. The second kappa shape index (κ2) is 7.03. The summed E-state index contributed by atoms with van der Waals surface area (Å²) in [4.78, 5) is 20.9. The molecule has 0 amide bonds. The first-order valence-electron chi connectivity index (χ1n) is 8.03. The third-order valence-electron chi connectivity index (χ3n) is 4.39. The summed E-state index contributed by atoms with van der Waals surface area (Å²) < 4.78 is 1.68. The molecule has 0 fully saturated rings. The first-order valence-corrected chi connectivity index (χ1v) is 8.85. The number of aliphatic hydroxyl groups is 2. The Morgan fingerprint density at radius 1 is 1.20 bits per heavy atom. The van der Waals surface area contributed by atoms with Crippen LogP contribution in [0.25, 0.3) is 11.2 Å². The maximum Gasteiger partial charge on any atom is 0.165 e. The molecule has 3 aromatic rings. The number of thiazole rings is 1. The highest BCUT2D eigenvalue weighted by molar-refractivity contribution is 7.11. The molecule has 0 aliphatic carbocycles. The van der Waals surface area contributed by atoms with Crippen LogP contribution in [-0.4, -0.2) is 55.0 Å². The molecular formula is C16H22N6O2S. The third kappa shape index (κ3) is 3.10. The molecule has 3 rings (SSSR count). The Balaban J connectivity index is 2.02. The molecule has 134 valence electrons. The lowest BCUT2D eigenvalue weighted by atomic mass is 10.2. The van der Waals surface area contributed by atoms with Crippen LogP contribution in [0.15, 0.2) is 12.7 Å². The molecule has 25 heavy (non-hydrogen) atoms. The van der Waals surface area contributed by atoms with Gasteiger partial charge < -0.3 is 19.7 Å². The zero-order chi connectivity index (χ0) is 18.1. The van der Waals surface area contributed by atoms with Gasteiger partial charge in [0, 0.05) is 11.9 Å². The van der Waals surface area contributed by atoms with Gasteiger partial charge in [0.2, 0.25) is 0 Å². The van der Waals surface area contributed by atoms with Crippen molar-refractivity contribution in [2.75, 3.05) is 25.2 Å². The van der Waals surface area contributed by atoms with Crippen LogP contribution in [-0.2, 0) is 0 Å². The van der Waals surface area contributed by atoms with E-state index in [0.717, 1.165) is 10.7 Å². The lowest BCUT2D eigenvalue weighted by Crippen LogP contribution is -2.23. The minimum atomic E-state index is -0.470. The Bertz CT molecular complexity index is 873. The predicted octanol–water partition coefficient (Wildman–Crippen LogP) is 1.62. The molecule has 0 radical (unpaired) electrons. The number of fused-ring (bicyclic) bond motifs is 1. The van der Waals surface area contributed by atoms with E-state index >= 15 is 0 Å². The maximum absolute atomic E-state index is 9.44. The first-order chi connectivity index (χ1) is 12.0. The SMILES string of the molecule is Cc1nc(C)c(C(C)N(C)c2ncnc3c2ncn3C(CO)CO)s1. The van der Waals surface area contributed by atoms with Crippen molar-refractivity contribution in [2.24, 2.45) is 0 Å². The lowest BCUT2D eigenvalue weighted by molar-refractivity contribution is 0.156. The predicted molar refractivity (Wildman–Crippen MR) is 96.9 cm³/mol. The molecule has 1 unspecified atom stereocenters. The first kappa shape index (κ1) is 17.7. The van der Waals surface area contributed by atoms with Crippen LogP contribution in [0, 0.1) is 13.8 Å². The zero-order valence-corrected chi connectivity index (χ0v) is 15.5. The van der Waals surface area contributed by atoms with Gasteiger partial charge in [-0.3, -0.25) is 0 Å². The summed E-state index contributed by atoms with van der Waals surface area (Å²) in [7, 11) is 1.97. The summed E-state index contributed by atoms with van der Waals surface area (Å²) in [5.41, 5.74) is 2.26. The quantitative estimate of drug-likeness (QED) is 0.687. The van der Waals surface area contributed by atoms with E-state index in [1.165, 1.54) is 11.2 Å². The summed E-state index contributed by atoms with van der Waals surface area (Å²) in [6.07, 6.45) is 3.07. The molecule has 0 saturated heterocycles. The minimum absolute atomic E-state index is 0.0842. The molecule has 8 nitrogen and oxygen atoms in total. The average Bonchev–Trinajstić information content (AvgIpc) is 3.18. The van der Waals surface area contributed by atoms with Crippen LogP contribution in [0.5, 0.6) is 0 Å². The number of aryl methyl sites for hydroxylation is 2. The highest BCUT2D eigenvalue weighted by Crippen LogP contribution is 2.33. The van der Waals surface area contributed by atoms with Gasteiger partial charge in [-0.25, -0.2) is 19.9 Å². The van der Waals surface area contributed by atoms with E-state index in [-0.39, 0.29) is 19.3 Å². The Hall–Kier alpha value is -2.10. The lowest BCUT2D eigenvalue weighted by Gasteiger charge is -2.25. The largest absolute Gasteiger partial charge is 0.394 e. The van der Waals surface area contributed by atoms with Crippen LogP contribution in [0.2, 0.25) is 0 Å². The van der Waals surface area contributed by atoms with Crippen LogP contribution in [0.3, 0.4) is 0 Å². The minimum Gasteiger partial charge on any atom is -0.394 e. The highest BCUT2D eigenvalue weighted by atomic mass is 32.1. The number of aromatic nitrogens is 5. The Kier molecular flexibility index (Phi) is 4.98. The van der Waals surface area contributed by atoms with Gasteiger partial charge in [-0.15, -0.1) is 11.3 Å². The van der Waals surface area contributed by atoms with Gasteiger partial charge in [0.25, 0.3) is 0 Å². The Labute approximate surface area is 149 Å². The number of aliphatic hydroxyl groups excluding tert-OH is 2. The smallest absolute Gasteiger partial charge is 0.165 e. The molecule has 9 heteroatoms. The van der Waals surface area contributed by atoms with Crippen molar-refractivity contribution in [1.29, 1.82) is 0 Å². The van der Waals surface area contributed by atoms with Gasteiger partial charge in [-0.1, -0.05) is 0 Å². The standard InChI is InChI=1S/C16H22N6O2S/c1-9-14(25-11(3)20-9)10(2)21(4)15-13-16(18-7-17-15)22(8-19-13)12(5-23)6-24/h7-8,10,12,23-24H,5-6H2,1-4H3. The number of anilines is 1. The second-order valence-corrected chi connectivity index (χ2v) is 7.24. The summed E-state index contributed by atoms with van der Waals surface area (Å²) >= 11 is 1.68. The van der Waals surface area contributed by atoms with Gasteiger partial charge >= 0.3 is 0 Å². The van der Waals surface area contributed by atoms with Gasteiger partial charge in [0.1, 0.15) is 6.33 Å². The van der Waals surface area contributed by atoms with Crippen molar-refractivity contribution in [2.45, 2.75) is 32.9 Å². The van der Waals surface area contributed by atoms with E-state index in [4.69, 9.17) is 0 Å². The van der Waals surface area contributed by atoms with E-state index in [2.05, 4.69) is 26.9 Å². The summed E-state index contributed by atoms with van der Waals surface area (Å²) in [5.74, 6) is 0.705. The van der Waals surface area contributed by atoms with Crippen molar-refractivity contribution >= 4 is 28.3 Å². The second-order valence-electron chi connectivity index (χ2n) is 6.01. The highest BCUT2D eigenvalue weighted by Gasteiger charge is 2.23. The molecule has 3 heterocycles. The molecular weight excluding hydrogens is 340 g/mol. The van der Waals surface area contributed by atoms with Crippen LogP contribution in [0.4, 0.5) is 5.82 Å². The van der Waals surface area contributed by atoms with Crippen molar-refractivity contribution in [1.82, 2.24) is 24.5 Å². The molecule has 0 aliphatic rings. The molecule has 0 aliphatic heterocycles. The fourth-order valence-corrected chi connectivity index (χ4v) is 3.92. The molecule has 3 aromatic heterocycles. The van der Waals surface area contributed by atoms with Crippen molar-refractivity contribution in [3.8, 4) is 0 Å². The summed E-state index contributed by atoms with van der Waals surface area (Å²) in [6.45, 7) is 5.75. The van der Waals surface area contributed by atoms with Crippen molar-refractivity contribution in [3.63, 3.8) is 0 Å². The van der Waals surface area contributed by atoms with Crippen LogP contribution in [0.1, 0.15) is 34.6 Å². The number of imidazole rings is 1. The molecule has 2 N–H and O–H groups in total. The number of rotatable bonds is 6. The van der Waals surface area contributed by atoms with Crippen LogP contribution >= 0.6 is 11.3 Å². The van der Waals surface area contributed by atoms with E-state index in [0.29, 0.717) is 17.0 Å². The topological polar surface area (TPSA) is 100 Å². The summed E-state index contributed by atoms with van der Waals surface area (Å²) in [6, 6.07) is -0.386. The van der Waals surface area contributed by atoms with Crippen molar-refractivity contribution in [3.05, 3.63) is 28.2 Å². The van der Waals surface area contributed by atoms with E-state index in [1.807, 2.05) is 25.8 Å². The molecule has 1 atom stereocenters. The molecule has 0 spiro atoms. The normalized spacial score (nSPS) is 12.9. The van der Waals surface area contributed by atoms with Gasteiger partial charge in [-0.05, 0) is 20.8 Å². The zero-order valence-electron chi connectivity index (χ0n) is 14.7. The van der Waals surface area contributed by atoms with Crippen molar-refractivity contribution < 1.29 is 10.2 Å². The fourth-order valence-electron chi connectivity index (χ4n) is 2.89. The Morgan fingerprint density at radius 2 is 1.92 bits per heavy atom. The number of nitrogens with zero attached hydrogens (tertiary/aromatic N) is 6. The van der Waals surface area contributed by atoms with E-state index in [9.17, 15) is 10.2 Å². The van der Waals surface area contributed by atoms with E-state index in [1.54, 1.807) is 22.2 Å². The summed E-state index contributed by atoms with van der Waals surface area (Å²) in [5, 5.41) is 19.9. The average molecular weight is 362 g/mol. The molecule has 0 saturated carbocycles. The fraction of sp³-hybridized carbons (Fsp3) is 0.500. The Morgan fingerprint density at radius 3 is 2.52 bits per heavy atom.